The van der Waals surface area contributed by atoms with Crippen molar-refractivity contribution in [3.05, 3.63) is 86.2 Å². The highest BCUT2D eigenvalue weighted by Crippen LogP contribution is 2.38. The first-order valence-corrected chi connectivity index (χ1v) is 13.9. The minimum Gasteiger partial charge on any atom is -0.479 e. The highest BCUT2D eigenvalue weighted by atomic mass is 35.5. The van der Waals surface area contributed by atoms with Gasteiger partial charge >= 0.3 is 5.97 Å². The molecule has 0 aliphatic rings. The van der Waals surface area contributed by atoms with Gasteiger partial charge in [-0.15, -0.1) is 0 Å². The number of aromatic nitrogens is 5. The third-order valence-corrected chi connectivity index (χ3v) is 6.88. The summed E-state index contributed by atoms with van der Waals surface area (Å²) in [7, 11) is 6.81. The number of halogens is 1. The summed E-state index contributed by atoms with van der Waals surface area (Å²) in [6.07, 6.45) is 3.15. The van der Waals surface area contributed by atoms with E-state index in [-0.39, 0.29) is 35.3 Å². The van der Waals surface area contributed by atoms with Crippen molar-refractivity contribution in [3.63, 3.8) is 0 Å². The van der Waals surface area contributed by atoms with E-state index >= 15 is 0 Å². The van der Waals surface area contributed by atoms with Crippen LogP contribution in [0.2, 0.25) is 5.02 Å². The zero-order valence-corrected chi connectivity index (χ0v) is 25.9. The number of carbonyl (C=O) groups excluding carboxylic acids is 1. The summed E-state index contributed by atoms with van der Waals surface area (Å²) in [6.45, 7) is 7.88. The van der Waals surface area contributed by atoms with E-state index < -0.39 is 12.0 Å². The molecule has 3 aromatic heterocycles. The number of anilines is 2. The Kier molecular flexibility index (Phi) is 9.20. The quantitative estimate of drug-likeness (QED) is 0.256. The molecule has 0 aliphatic carbocycles. The van der Waals surface area contributed by atoms with Crippen molar-refractivity contribution >= 4 is 29.2 Å². The van der Waals surface area contributed by atoms with Gasteiger partial charge in [-0.05, 0) is 31.4 Å². The Morgan fingerprint density at radius 3 is 2.48 bits per heavy atom. The van der Waals surface area contributed by atoms with Crippen molar-refractivity contribution in [2.75, 3.05) is 38.0 Å². The molecular weight excluding hydrogens is 558 g/mol. The zero-order chi connectivity index (χ0) is 30.7. The average molecular weight is 594 g/mol. The molecule has 3 heterocycles. The molecule has 11 nitrogen and oxygen atoms in total. The molecule has 1 unspecified atom stereocenters. The molecule has 12 heteroatoms. The molecule has 0 bridgehead atoms. The van der Waals surface area contributed by atoms with Crippen LogP contribution in [0.25, 0.3) is 5.69 Å². The number of aryl methyl sites for hydroxylation is 2. The molecule has 42 heavy (non-hydrogen) atoms. The number of hydrogen-bond acceptors (Lipinski definition) is 9. The van der Waals surface area contributed by atoms with Crippen molar-refractivity contribution in [3.8, 4) is 11.6 Å². The molecule has 0 saturated carbocycles. The Labute approximate surface area is 250 Å². The number of carbonyl (C=O) groups is 1. The lowest BCUT2D eigenvalue weighted by atomic mass is 9.91. The summed E-state index contributed by atoms with van der Waals surface area (Å²) in [5.74, 6) is -0.0130. The molecule has 0 amide bonds. The van der Waals surface area contributed by atoms with Gasteiger partial charge in [0.1, 0.15) is 11.4 Å². The van der Waals surface area contributed by atoms with Gasteiger partial charge in [0.15, 0.2) is 5.69 Å². The van der Waals surface area contributed by atoms with Crippen LogP contribution in [0.5, 0.6) is 5.88 Å². The van der Waals surface area contributed by atoms with Gasteiger partial charge in [0.2, 0.25) is 11.8 Å². The van der Waals surface area contributed by atoms with Gasteiger partial charge in [-0.3, -0.25) is 4.79 Å². The second-order valence-electron chi connectivity index (χ2n) is 10.4. The van der Waals surface area contributed by atoms with Gasteiger partial charge in [-0.25, -0.2) is 14.5 Å². The van der Waals surface area contributed by atoms with E-state index in [0.717, 1.165) is 11.1 Å². The molecule has 1 N–H and O–H groups in total. The topological polar surface area (TPSA) is 116 Å². The normalized spacial score (nSPS) is 11.9. The van der Waals surface area contributed by atoms with E-state index in [1.54, 1.807) is 42.0 Å². The van der Waals surface area contributed by atoms with Crippen LogP contribution >= 0.6 is 11.6 Å². The van der Waals surface area contributed by atoms with Crippen molar-refractivity contribution in [2.45, 2.75) is 39.7 Å². The summed E-state index contributed by atoms with van der Waals surface area (Å²) >= 11 is 6.35. The molecule has 4 rings (SSSR count). The summed E-state index contributed by atoms with van der Waals surface area (Å²) in [5.41, 5.74) is 3.64. The van der Waals surface area contributed by atoms with Gasteiger partial charge in [-0.1, -0.05) is 55.3 Å². The molecule has 0 radical (unpaired) electrons. The number of benzene rings is 1. The third-order valence-electron chi connectivity index (χ3n) is 6.67. The highest BCUT2D eigenvalue weighted by molar-refractivity contribution is 6.30. The van der Waals surface area contributed by atoms with Crippen LogP contribution in [-0.4, -0.2) is 58.1 Å². The van der Waals surface area contributed by atoms with E-state index in [4.69, 9.17) is 26.2 Å². The van der Waals surface area contributed by atoms with Crippen molar-refractivity contribution in [1.82, 2.24) is 24.3 Å². The van der Waals surface area contributed by atoms with E-state index in [2.05, 4.69) is 15.3 Å². The Morgan fingerprint density at radius 2 is 1.88 bits per heavy atom. The number of hydrogen-bond donors (Lipinski definition) is 1. The largest absolute Gasteiger partial charge is 0.479 e. The minimum atomic E-state index is -0.685. The lowest BCUT2D eigenvalue weighted by Crippen LogP contribution is -2.25. The number of nitrogens with zero attached hydrogens (tertiary/aromatic N) is 6. The average Bonchev–Trinajstić information content (AvgIpc) is 3.35. The lowest BCUT2D eigenvalue weighted by molar-refractivity contribution is 0.0517. The fourth-order valence-electron chi connectivity index (χ4n) is 4.69. The summed E-state index contributed by atoms with van der Waals surface area (Å²) < 4.78 is 14.2. The number of nitrogens with one attached hydrogen (secondary N) is 1. The molecule has 0 saturated heterocycles. The Balaban J connectivity index is 2.07. The molecule has 222 valence electrons. The molecule has 0 fully saturated rings. The first-order valence-electron chi connectivity index (χ1n) is 13.5. The van der Waals surface area contributed by atoms with Crippen LogP contribution in [0.3, 0.4) is 0 Å². The van der Waals surface area contributed by atoms with Gasteiger partial charge in [0.25, 0.3) is 5.56 Å². The molecule has 0 spiro atoms. The van der Waals surface area contributed by atoms with Crippen molar-refractivity contribution < 1.29 is 14.3 Å². The van der Waals surface area contributed by atoms with Gasteiger partial charge in [-0.2, -0.15) is 10.1 Å². The number of rotatable bonds is 10. The SMILES string of the molecule is CCOC(=O)c1nn(-c2cnc(N(C)C)nc2OC)c(C(C)C)c1C(Nc1cc(Cl)cn(C)c1=O)c1ccc(C)cc1. The minimum absolute atomic E-state index is 0.0937. The maximum absolute atomic E-state index is 13.5. The number of esters is 1. The number of ether oxygens (including phenoxy) is 2. The second kappa shape index (κ2) is 12.6. The van der Waals surface area contributed by atoms with Crippen LogP contribution in [0.15, 0.2) is 47.5 Å². The Morgan fingerprint density at radius 1 is 1.19 bits per heavy atom. The van der Waals surface area contributed by atoms with E-state index in [0.29, 0.717) is 27.9 Å². The molecule has 1 aromatic carbocycles. The number of methoxy groups -OCH3 is 1. The van der Waals surface area contributed by atoms with Crippen LogP contribution < -0.4 is 20.5 Å². The third kappa shape index (κ3) is 6.11. The molecule has 0 aliphatic heterocycles. The van der Waals surface area contributed by atoms with E-state index in [1.165, 1.54) is 11.7 Å². The highest BCUT2D eigenvalue weighted by Gasteiger charge is 2.34. The van der Waals surface area contributed by atoms with Crippen LogP contribution in [0.1, 0.15) is 65.6 Å². The van der Waals surface area contributed by atoms with E-state index in [1.807, 2.05) is 59.1 Å². The monoisotopic (exact) mass is 593 g/mol. The predicted octanol–water partition coefficient (Wildman–Crippen LogP) is 4.90. The van der Waals surface area contributed by atoms with Crippen LogP contribution in [-0.2, 0) is 11.8 Å². The summed E-state index contributed by atoms with van der Waals surface area (Å²) in [4.78, 5) is 37.5. The Bertz CT molecular complexity index is 1640. The number of pyridine rings is 1. The smallest absolute Gasteiger partial charge is 0.359 e. The van der Waals surface area contributed by atoms with Gasteiger partial charge in [0.05, 0.1) is 36.7 Å². The summed E-state index contributed by atoms with van der Waals surface area (Å²) in [6, 6.07) is 8.74. The zero-order valence-electron chi connectivity index (χ0n) is 25.1. The van der Waals surface area contributed by atoms with Gasteiger partial charge in [0, 0.05) is 32.9 Å². The lowest BCUT2D eigenvalue weighted by Gasteiger charge is -2.24. The van der Waals surface area contributed by atoms with Crippen molar-refractivity contribution in [2.24, 2.45) is 7.05 Å². The predicted molar refractivity (Wildman–Crippen MR) is 163 cm³/mol. The fourth-order valence-corrected chi connectivity index (χ4v) is 4.95. The second-order valence-corrected chi connectivity index (χ2v) is 10.8. The van der Waals surface area contributed by atoms with E-state index in [9.17, 15) is 9.59 Å². The maximum Gasteiger partial charge on any atom is 0.359 e. The van der Waals surface area contributed by atoms with Crippen LogP contribution in [0.4, 0.5) is 11.6 Å². The first-order chi connectivity index (χ1) is 20.0. The van der Waals surface area contributed by atoms with Crippen molar-refractivity contribution in [1.29, 1.82) is 0 Å². The fraction of sp³-hybridized carbons (Fsp3) is 0.367. The maximum atomic E-state index is 13.5. The molecule has 1 atom stereocenters. The van der Waals surface area contributed by atoms with Crippen LogP contribution in [0, 0.1) is 6.92 Å². The first kappa shape index (κ1) is 30.6. The standard InChI is InChI=1S/C30H36ClN7O4/c1-9-42-29(40)25-23(26(17(2)3)38(35-25)22-15-32-30(36(5)6)34-27(22)41-8)24(19-12-10-18(4)11-13-19)33-21-14-20(31)16-37(7)28(21)39/h10-17,24,33H,9H2,1-8H3. The van der Waals surface area contributed by atoms with Gasteiger partial charge < -0.3 is 24.3 Å². The Hall–Kier alpha value is -4.38. The molecule has 4 aromatic rings. The summed E-state index contributed by atoms with van der Waals surface area (Å²) in [5, 5.41) is 8.55. The molecular formula is C30H36ClN7O4.